The van der Waals surface area contributed by atoms with Crippen LogP contribution < -0.4 is 11.1 Å². The molecule has 100 valence electrons. The fraction of sp³-hybridized carbons (Fsp3) is 0.154. The number of rotatable bonds is 5. The van der Waals surface area contributed by atoms with E-state index in [4.69, 9.17) is 5.73 Å². The van der Waals surface area contributed by atoms with Gasteiger partial charge in [0, 0.05) is 6.08 Å². The largest absolute Gasteiger partial charge is 0.325 e. The topological polar surface area (TPSA) is 92.5 Å². The van der Waals surface area contributed by atoms with E-state index in [1.54, 1.807) is 6.08 Å². The van der Waals surface area contributed by atoms with Crippen LogP contribution in [0.4, 0.5) is 4.79 Å². The zero-order valence-electron chi connectivity index (χ0n) is 10.3. The van der Waals surface area contributed by atoms with Crippen LogP contribution in [-0.4, -0.2) is 36.3 Å². The van der Waals surface area contributed by atoms with Gasteiger partial charge in [0.1, 0.15) is 6.29 Å². The molecule has 0 aliphatic rings. The van der Waals surface area contributed by atoms with E-state index in [0.29, 0.717) is 6.29 Å². The quantitative estimate of drug-likeness (QED) is 0.454. The third-order valence-corrected chi connectivity index (χ3v) is 2.24. The van der Waals surface area contributed by atoms with Crippen LogP contribution in [0.15, 0.2) is 36.4 Å². The van der Waals surface area contributed by atoms with E-state index in [1.165, 1.54) is 6.08 Å². The van der Waals surface area contributed by atoms with Crippen molar-refractivity contribution < 1.29 is 14.4 Å². The SMILES string of the molecule is NCNC(=O)N(CC=O)C(=O)/C=C/c1ccccc1. The van der Waals surface area contributed by atoms with E-state index in [0.717, 1.165) is 10.5 Å². The Labute approximate surface area is 110 Å². The van der Waals surface area contributed by atoms with Crippen molar-refractivity contribution in [2.45, 2.75) is 0 Å². The molecule has 0 saturated carbocycles. The first-order valence-corrected chi connectivity index (χ1v) is 5.65. The molecule has 0 aliphatic heterocycles. The first-order valence-electron chi connectivity index (χ1n) is 5.65. The van der Waals surface area contributed by atoms with Gasteiger partial charge >= 0.3 is 6.03 Å². The normalized spacial score (nSPS) is 10.2. The molecule has 0 bridgehead atoms. The van der Waals surface area contributed by atoms with Gasteiger partial charge in [0.2, 0.25) is 0 Å². The summed E-state index contributed by atoms with van der Waals surface area (Å²) < 4.78 is 0. The molecule has 3 amide bonds. The number of carbonyl (C=O) groups excluding carboxylic acids is 3. The third kappa shape index (κ3) is 4.72. The van der Waals surface area contributed by atoms with E-state index in [1.807, 2.05) is 30.3 Å². The van der Waals surface area contributed by atoms with Gasteiger partial charge < -0.3 is 15.8 Å². The minimum Gasteiger partial charge on any atom is -0.325 e. The number of carbonyl (C=O) groups is 3. The third-order valence-electron chi connectivity index (χ3n) is 2.24. The Hall–Kier alpha value is -2.47. The molecule has 0 atom stereocenters. The van der Waals surface area contributed by atoms with Crippen molar-refractivity contribution >= 4 is 24.3 Å². The lowest BCUT2D eigenvalue weighted by molar-refractivity contribution is -0.125. The number of hydrogen-bond donors (Lipinski definition) is 2. The number of hydrogen-bond acceptors (Lipinski definition) is 4. The molecule has 0 aliphatic carbocycles. The summed E-state index contributed by atoms with van der Waals surface area (Å²) in [7, 11) is 0. The minimum absolute atomic E-state index is 0.107. The average Bonchev–Trinajstić information content (AvgIpc) is 2.43. The number of amides is 3. The van der Waals surface area contributed by atoms with Crippen molar-refractivity contribution in [1.29, 1.82) is 0 Å². The van der Waals surface area contributed by atoms with Crippen LogP contribution in [-0.2, 0) is 9.59 Å². The van der Waals surface area contributed by atoms with Crippen molar-refractivity contribution in [3.63, 3.8) is 0 Å². The fourth-order valence-corrected chi connectivity index (χ4v) is 1.35. The molecule has 0 spiro atoms. The van der Waals surface area contributed by atoms with Crippen molar-refractivity contribution in [1.82, 2.24) is 10.2 Å². The lowest BCUT2D eigenvalue weighted by Gasteiger charge is -2.16. The summed E-state index contributed by atoms with van der Waals surface area (Å²) >= 11 is 0. The first kappa shape index (κ1) is 14.6. The van der Waals surface area contributed by atoms with E-state index in [9.17, 15) is 14.4 Å². The first-order chi connectivity index (χ1) is 9.19. The summed E-state index contributed by atoms with van der Waals surface area (Å²) in [5.74, 6) is -0.582. The van der Waals surface area contributed by atoms with Gasteiger partial charge in [-0.15, -0.1) is 0 Å². The Bertz CT molecular complexity index is 471. The van der Waals surface area contributed by atoms with Crippen LogP contribution in [0.1, 0.15) is 5.56 Å². The summed E-state index contributed by atoms with van der Waals surface area (Å²) in [4.78, 5) is 34.6. The molecule has 0 fully saturated rings. The second-order valence-corrected chi connectivity index (χ2v) is 3.55. The highest BCUT2D eigenvalue weighted by Crippen LogP contribution is 2.02. The lowest BCUT2D eigenvalue weighted by Crippen LogP contribution is -2.45. The van der Waals surface area contributed by atoms with Crippen molar-refractivity contribution in [2.24, 2.45) is 5.73 Å². The summed E-state index contributed by atoms with van der Waals surface area (Å²) in [5.41, 5.74) is 5.97. The van der Waals surface area contributed by atoms with E-state index in [2.05, 4.69) is 5.32 Å². The predicted molar refractivity (Wildman–Crippen MR) is 70.8 cm³/mol. The van der Waals surface area contributed by atoms with Crippen LogP contribution in [0.25, 0.3) is 6.08 Å². The zero-order chi connectivity index (χ0) is 14.1. The number of aldehydes is 1. The molecule has 1 aromatic carbocycles. The monoisotopic (exact) mass is 261 g/mol. The minimum atomic E-state index is -0.697. The second-order valence-electron chi connectivity index (χ2n) is 3.55. The van der Waals surface area contributed by atoms with Gasteiger partial charge in [0.05, 0.1) is 13.2 Å². The molecule has 0 saturated heterocycles. The van der Waals surface area contributed by atoms with Gasteiger partial charge in [-0.25, -0.2) is 4.79 Å². The molecule has 0 unspecified atom stereocenters. The summed E-state index contributed by atoms with van der Waals surface area (Å²) in [5, 5.41) is 2.26. The highest BCUT2D eigenvalue weighted by atomic mass is 16.2. The van der Waals surface area contributed by atoms with Crippen molar-refractivity contribution in [3.8, 4) is 0 Å². The van der Waals surface area contributed by atoms with Gasteiger partial charge in [0.15, 0.2) is 0 Å². The standard InChI is InChI=1S/C13H15N3O3/c14-10-15-13(19)16(8-9-17)12(18)7-6-11-4-2-1-3-5-11/h1-7,9H,8,10,14H2,(H,15,19)/b7-6+. The van der Waals surface area contributed by atoms with Gasteiger partial charge in [-0.2, -0.15) is 0 Å². The maximum Gasteiger partial charge on any atom is 0.325 e. The Morgan fingerprint density at radius 3 is 2.53 bits per heavy atom. The molecule has 0 aromatic heterocycles. The molecule has 1 aromatic rings. The zero-order valence-corrected chi connectivity index (χ0v) is 10.3. The number of benzene rings is 1. The van der Waals surface area contributed by atoms with Gasteiger partial charge in [-0.05, 0) is 11.6 Å². The van der Waals surface area contributed by atoms with E-state index >= 15 is 0 Å². The number of nitrogens with one attached hydrogen (secondary N) is 1. The number of urea groups is 1. The van der Waals surface area contributed by atoms with Gasteiger partial charge in [0.25, 0.3) is 5.91 Å². The highest BCUT2D eigenvalue weighted by molar-refractivity contribution is 6.03. The number of nitrogens with two attached hydrogens (primary N) is 1. The molecule has 0 heterocycles. The average molecular weight is 261 g/mol. The smallest absolute Gasteiger partial charge is 0.325 e. The molecule has 6 heteroatoms. The van der Waals surface area contributed by atoms with Crippen molar-refractivity contribution in [3.05, 3.63) is 42.0 Å². The summed E-state index contributed by atoms with van der Waals surface area (Å²) in [6, 6.07) is 8.44. The molecular formula is C13H15N3O3. The molecule has 3 N–H and O–H groups in total. The van der Waals surface area contributed by atoms with Gasteiger partial charge in [-0.1, -0.05) is 30.3 Å². The number of imide groups is 1. The van der Waals surface area contributed by atoms with E-state index in [-0.39, 0.29) is 13.2 Å². The van der Waals surface area contributed by atoms with Crippen LogP contribution in [0.2, 0.25) is 0 Å². The Morgan fingerprint density at radius 1 is 1.26 bits per heavy atom. The Kier molecular flexibility index (Phi) is 5.97. The maximum absolute atomic E-state index is 11.8. The van der Waals surface area contributed by atoms with E-state index < -0.39 is 11.9 Å². The number of nitrogens with zero attached hydrogens (tertiary/aromatic N) is 1. The summed E-state index contributed by atoms with van der Waals surface area (Å²) in [6.07, 6.45) is 3.27. The summed E-state index contributed by atoms with van der Waals surface area (Å²) in [6.45, 7) is -0.423. The molecular weight excluding hydrogens is 246 g/mol. The highest BCUT2D eigenvalue weighted by Gasteiger charge is 2.17. The maximum atomic E-state index is 11.8. The Balaban J connectivity index is 2.74. The Morgan fingerprint density at radius 2 is 1.95 bits per heavy atom. The van der Waals surface area contributed by atoms with Crippen LogP contribution >= 0.6 is 0 Å². The van der Waals surface area contributed by atoms with Crippen molar-refractivity contribution in [2.75, 3.05) is 13.2 Å². The molecule has 1 rings (SSSR count). The molecule has 0 radical (unpaired) electrons. The van der Waals surface area contributed by atoms with Crippen LogP contribution in [0.3, 0.4) is 0 Å². The van der Waals surface area contributed by atoms with Crippen LogP contribution in [0, 0.1) is 0 Å². The predicted octanol–water partition coefficient (Wildman–Crippen LogP) is 0.353. The second kappa shape index (κ2) is 7.78. The van der Waals surface area contributed by atoms with Crippen LogP contribution in [0.5, 0.6) is 0 Å². The molecule has 6 nitrogen and oxygen atoms in total. The molecule has 19 heavy (non-hydrogen) atoms. The fourth-order valence-electron chi connectivity index (χ4n) is 1.35. The lowest BCUT2D eigenvalue weighted by atomic mass is 10.2. The van der Waals surface area contributed by atoms with Gasteiger partial charge in [-0.3, -0.25) is 9.69 Å².